The van der Waals surface area contributed by atoms with E-state index in [0.717, 1.165) is 12.1 Å². The van der Waals surface area contributed by atoms with Gasteiger partial charge in [-0.3, -0.25) is 4.79 Å². The molecule has 0 spiro atoms. The number of carbonyl (C=O) groups is 1. The molecule has 1 unspecified atom stereocenters. The number of hydrogen-bond donors (Lipinski definition) is 1. The number of thiocarbonyl (C=S) groups is 1. The Balaban J connectivity index is 2.83. The molecule has 2 N–H and O–H groups in total. The maximum atomic E-state index is 12.4. The second kappa shape index (κ2) is 7.21. The molecule has 1 amide bonds. The third-order valence-corrected chi connectivity index (χ3v) is 3.16. The molecule has 0 aromatic heterocycles. The highest BCUT2D eigenvalue weighted by atomic mass is 32.1. The van der Waals surface area contributed by atoms with Crippen LogP contribution in [-0.4, -0.2) is 54.9 Å². The lowest BCUT2D eigenvalue weighted by Crippen LogP contribution is -2.40. The number of likely N-dealkylation sites (N-methyl/N-ethyl adjacent to an activating group) is 2. The first-order valence-electron chi connectivity index (χ1n) is 6.17. The zero-order valence-electron chi connectivity index (χ0n) is 11.7. The predicted octanol–water partition coefficient (Wildman–Crippen LogP) is 1.08. The lowest BCUT2D eigenvalue weighted by Gasteiger charge is -2.24. The Morgan fingerprint density at radius 1 is 1.21 bits per heavy atom. The van der Waals surface area contributed by atoms with Crippen LogP contribution < -0.4 is 5.73 Å². The number of nitrogens with zero attached hydrogens (tertiary/aromatic N) is 2. The Morgan fingerprint density at radius 2 is 1.79 bits per heavy atom. The van der Waals surface area contributed by atoms with Gasteiger partial charge >= 0.3 is 0 Å². The summed E-state index contributed by atoms with van der Waals surface area (Å²) in [6, 6.07) is 9.42. The predicted molar refractivity (Wildman–Crippen MR) is 82.2 cm³/mol. The summed E-state index contributed by atoms with van der Waals surface area (Å²) in [6.07, 6.45) is 0. The second-order valence-electron chi connectivity index (χ2n) is 4.81. The molecule has 0 aliphatic rings. The molecule has 1 aromatic carbocycles. The van der Waals surface area contributed by atoms with E-state index in [-0.39, 0.29) is 10.9 Å². The van der Waals surface area contributed by atoms with Crippen molar-refractivity contribution < 1.29 is 4.79 Å². The molecule has 1 atom stereocenters. The van der Waals surface area contributed by atoms with Gasteiger partial charge in [-0.15, -0.1) is 0 Å². The van der Waals surface area contributed by atoms with Crippen LogP contribution in [0.5, 0.6) is 0 Å². The first kappa shape index (κ1) is 15.6. The van der Waals surface area contributed by atoms with Gasteiger partial charge in [-0.25, -0.2) is 0 Å². The Hall–Kier alpha value is -1.46. The van der Waals surface area contributed by atoms with Crippen molar-refractivity contribution in [3.63, 3.8) is 0 Å². The molecule has 104 valence electrons. The fourth-order valence-electron chi connectivity index (χ4n) is 1.75. The summed E-state index contributed by atoms with van der Waals surface area (Å²) >= 11 is 5.05. The summed E-state index contributed by atoms with van der Waals surface area (Å²) in [6.45, 7) is 1.46. The zero-order valence-corrected chi connectivity index (χ0v) is 12.5. The second-order valence-corrected chi connectivity index (χ2v) is 5.28. The standard InChI is InChI=1S/C14H21N3OS/c1-16(2)9-10-17(3)14(18)12(13(15)19)11-7-5-4-6-8-11/h4-8,12H,9-10H2,1-3H3,(H2,15,19). The van der Waals surface area contributed by atoms with E-state index in [0.29, 0.717) is 6.54 Å². The van der Waals surface area contributed by atoms with E-state index < -0.39 is 5.92 Å². The summed E-state index contributed by atoms with van der Waals surface area (Å²) in [5, 5.41) is 0. The minimum Gasteiger partial charge on any atom is -0.392 e. The van der Waals surface area contributed by atoms with E-state index in [2.05, 4.69) is 0 Å². The first-order valence-corrected chi connectivity index (χ1v) is 6.58. The molecule has 0 fully saturated rings. The molecule has 0 saturated carbocycles. The van der Waals surface area contributed by atoms with Crippen molar-refractivity contribution in [3.8, 4) is 0 Å². The average molecular weight is 279 g/mol. The van der Waals surface area contributed by atoms with Crippen LogP contribution in [0.4, 0.5) is 0 Å². The van der Waals surface area contributed by atoms with Crippen molar-refractivity contribution in [1.82, 2.24) is 9.80 Å². The van der Waals surface area contributed by atoms with Gasteiger partial charge in [0, 0.05) is 20.1 Å². The van der Waals surface area contributed by atoms with E-state index in [1.807, 2.05) is 49.3 Å². The number of hydrogen-bond acceptors (Lipinski definition) is 3. The number of amides is 1. The summed E-state index contributed by atoms with van der Waals surface area (Å²) in [5.41, 5.74) is 6.58. The van der Waals surface area contributed by atoms with Crippen molar-refractivity contribution >= 4 is 23.1 Å². The average Bonchev–Trinajstić information content (AvgIpc) is 2.36. The third-order valence-electron chi connectivity index (χ3n) is 2.92. The normalized spacial score (nSPS) is 12.2. The highest BCUT2D eigenvalue weighted by molar-refractivity contribution is 7.80. The van der Waals surface area contributed by atoms with Crippen molar-refractivity contribution in [2.24, 2.45) is 5.73 Å². The van der Waals surface area contributed by atoms with Crippen molar-refractivity contribution in [2.45, 2.75) is 5.92 Å². The molecule has 1 rings (SSSR count). The largest absolute Gasteiger partial charge is 0.392 e. The summed E-state index contributed by atoms with van der Waals surface area (Å²) in [7, 11) is 5.72. The summed E-state index contributed by atoms with van der Waals surface area (Å²) in [5.74, 6) is -0.594. The third kappa shape index (κ3) is 4.61. The van der Waals surface area contributed by atoms with Gasteiger partial charge in [-0.2, -0.15) is 0 Å². The molecule has 0 heterocycles. The zero-order chi connectivity index (χ0) is 14.4. The van der Waals surface area contributed by atoms with Crippen LogP contribution in [0.15, 0.2) is 30.3 Å². The number of rotatable bonds is 6. The van der Waals surface area contributed by atoms with E-state index in [4.69, 9.17) is 18.0 Å². The van der Waals surface area contributed by atoms with Crippen molar-refractivity contribution in [1.29, 1.82) is 0 Å². The molecular formula is C14H21N3OS. The number of nitrogens with two attached hydrogens (primary N) is 1. The van der Waals surface area contributed by atoms with Crippen LogP contribution >= 0.6 is 12.2 Å². The van der Waals surface area contributed by atoms with Crippen LogP contribution in [0.2, 0.25) is 0 Å². The minimum atomic E-state index is -0.539. The van der Waals surface area contributed by atoms with Crippen LogP contribution in [-0.2, 0) is 4.79 Å². The molecule has 1 aromatic rings. The monoisotopic (exact) mass is 279 g/mol. The van der Waals surface area contributed by atoms with Crippen LogP contribution in [0.25, 0.3) is 0 Å². The smallest absolute Gasteiger partial charge is 0.236 e. The van der Waals surface area contributed by atoms with Gasteiger partial charge in [0.25, 0.3) is 0 Å². The highest BCUT2D eigenvalue weighted by Gasteiger charge is 2.26. The summed E-state index contributed by atoms with van der Waals surface area (Å²) in [4.78, 5) is 16.4. The van der Waals surface area contributed by atoms with Gasteiger partial charge in [0.2, 0.25) is 5.91 Å². The van der Waals surface area contributed by atoms with Gasteiger partial charge in [0.1, 0.15) is 5.92 Å². The molecule has 0 radical (unpaired) electrons. The molecular weight excluding hydrogens is 258 g/mol. The topological polar surface area (TPSA) is 49.6 Å². The Labute approximate surface area is 120 Å². The van der Waals surface area contributed by atoms with E-state index in [9.17, 15) is 4.79 Å². The molecule has 4 nitrogen and oxygen atoms in total. The molecule has 0 saturated heterocycles. The van der Waals surface area contributed by atoms with Crippen molar-refractivity contribution in [3.05, 3.63) is 35.9 Å². The quantitative estimate of drug-likeness (QED) is 0.792. The molecule has 0 bridgehead atoms. The van der Waals surface area contributed by atoms with Gasteiger partial charge in [0.15, 0.2) is 0 Å². The maximum absolute atomic E-state index is 12.4. The minimum absolute atomic E-state index is 0.0550. The Morgan fingerprint density at radius 3 is 2.26 bits per heavy atom. The molecule has 5 heteroatoms. The highest BCUT2D eigenvalue weighted by Crippen LogP contribution is 2.18. The van der Waals surface area contributed by atoms with Crippen LogP contribution in [0, 0.1) is 0 Å². The van der Waals surface area contributed by atoms with Gasteiger partial charge < -0.3 is 15.5 Å². The Kier molecular flexibility index (Phi) is 5.92. The van der Waals surface area contributed by atoms with Crippen molar-refractivity contribution in [2.75, 3.05) is 34.2 Å². The van der Waals surface area contributed by atoms with E-state index >= 15 is 0 Å². The van der Waals surface area contributed by atoms with E-state index in [1.165, 1.54) is 0 Å². The molecule has 0 aliphatic heterocycles. The fourth-order valence-corrected chi connectivity index (χ4v) is 1.99. The summed E-state index contributed by atoms with van der Waals surface area (Å²) < 4.78 is 0. The first-order chi connectivity index (χ1) is 8.93. The van der Waals surface area contributed by atoms with Crippen LogP contribution in [0.3, 0.4) is 0 Å². The lowest BCUT2D eigenvalue weighted by atomic mass is 9.98. The van der Waals surface area contributed by atoms with E-state index in [1.54, 1.807) is 11.9 Å². The maximum Gasteiger partial charge on any atom is 0.236 e. The Bertz CT molecular complexity index is 434. The van der Waals surface area contributed by atoms with Gasteiger partial charge in [-0.1, -0.05) is 42.5 Å². The van der Waals surface area contributed by atoms with Gasteiger partial charge in [0.05, 0.1) is 4.99 Å². The fraction of sp³-hybridized carbons (Fsp3) is 0.429. The molecule has 0 aliphatic carbocycles. The molecule has 19 heavy (non-hydrogen) atoms. The number of carbonyl (C=O) groups excluding carboxylic acids is 1. The van der Waals surface area contributed by atoms with Crippen LogP contribution in [0.1, 0.15) is 11.5 Å². The number of benzene rings is 1. The van der Waals surface area contributed by atoms with Gasteiger partial charge in [-0.05, 0) is 19.7 Å². The lowest BCUT2D eigenvalue weighted by molar-refractivity contribution is -0.130. The SMILES string of the molecule is CN(C)CCN(C)C(=O)C(C(N)=S)c1ccccc1.